The molecule has 2 heterocycles. The first-order chi connectivity index (χ1) is 12.1. The lowest BCUT2D eigenvalue weighted by Crippen LogP contribution is -2.37. The van der Waals surface area contributed by atoms with Crippen LogP contribution >= 0.6 is 22.9 Å². The molecule has 1 N–H and O–H groups in total. The van der Waals surface area contributed by atoms with E-state index in [1.165, 1.54) is 4.88 Å². The molecule has 1 saturated heterocycles. The summed E-state index contributed by atoms with van der Waals surface area (Å²) in [4.78, 5) is 16.0. The number of hydrogen-bond acceptors (Lipinski definition) is 4. The molecule has 6 heteroatoms. The summed E-state index contributed by atoms with van der Waals surface area (Å²) < 4.78 is 5.75. The smallest absolute Gasteiger partial charge is 0.238 e. The molecule has 0 spiro atoms. The third-order valence-electron chi connectivity index (χ3n) is 4.28. The molecule has 0 saturated carbocycles. The van der Waals surface area contributed by atoms with Gasteiger partial charge in [-0.05, 0) is 55.0 Å². The minimum absolute atomic E-state index is 0.0139. The van der Waals surface area contributed by atoms with Gasteiger partial charge in [-0.1, -0.05) is 17.7 Å². The molecule has 1 amide bonds. The normalized spacial score (nSPS) is 17.2. The van der Waals surface area contributed by atoms with Gasteiger partial charge < -0.3 is 10.1 Å². The zero-order valence-electron chi connectivity index (χ0n) is 14.3. The number of carbonyl (C=O) groups is 1. The number of nitrogens with zero attached hydrogens (tertiary/aromatic N) is 1. The number of halogens is 1. The summed E-state index contributed by atoms with van der Waals surface area (Å²) in [6.45, 7) is 4.67. The average Bonchev–Trinajstić information content (AvgIpc) is 3.24. The van der Waals surface area contributed by atoms with Crippen molar-refractivity contribution in [3.8, 4) is 0 Å². The number of nitrogens with one attached hydrogen (secondary N) is 1. The Kier molecular flexibility index (Phi) is 6.48. The van der Waals surface area contributed by atoms with Crippen LogP contribution in [-0.2, 0) is 16.1 Å². The largest absolute Gasteiger partial charge is 0.377 e. The van der Waals surface area contributed by atoms with Crippen molar-refractivity contribution in [2.45, 2.75) is 32.4 Å². The monoisotopic (exact) mass is 378 g/mol. The molecule has 0 aliphatic carbocycles. The molecule has 4 nitrogen and oxygen atoms in total. The molecule has 1 unspecified atom stereocenters. The highest BCUT2D eigenvalue weighted by Gasteiger charge is 2.21. The Morgan fingerprint density at radius 3 is 3.00 bits per heavy atom. The molecule has 1 aromatic heterocycles. The van der Waals surface area contributed by atoms with Crippen LogP contribution in [0.4, 0.5) is 5.69 Å². The fraction of sp³-hybridized carbons (Fsp3) is 0.421. The van der Waals surface area contributed by atoms with Gasteiger partial charge in [0.05, 0.1) is 12.6 Å². The molecular formula is C19H23ClN2O2S. The van der Waals surface area contributed by atoms with Crippen molar-refractivity contribution in [2.75, 3.05) is 25.0 Å². The van der Waals surface area contributed by atoms with Crippen molar-refractivity contribution in [3.63, 3.8) is 0 Å². The lowest BCUT2D eigenvalue weighted by molar-refractivity contribution is -0.117. The summed E-state index contributed by atoms with van der Waals surface area (Å²) in [6, 6.07) is 9.64. The molecule has 2 aromatic rings. The van der Waals surface area contributed by atoms with Gasteiger partial charge in [-0.3, -0.25) is 9.69 Å². The maximum Gasteiger partial charge on any atom is 0.238 e. The third kappa shape index (κ3) is 5.54. The van der Waals surface area contributed by atoms with E-state index in [2.05, 4.69) is 21.7 Å². The van der Waals surface area contributed by atoms with E-state index < -0.39 is 0 Å². The number of carbonyl (C=O) groups excluding carboxylic acids is 1. The van der Waals surface area contributed by atoms with Gasteiger partial charge in [-0.2, -0.15) is 0 Å². The summed E-state index contributed by atoms with van der Waals surface area (Å²) in [6.07, 6.45) is 2.40. The van der Waals surface area contributed by atoms with E-state index in [-0.39, 0.29) is 12.0 Å². The van der Waals surface area contributed by atoms with E-state index in [1.54, 1.807) is 17.4 Å². The quantitative estimate of drug-likeness (QED) is 0.779. The highest BCUT2D eigenvalue weighted by Crippen LogP contribution is 2.20. The van der Waals surface area contributed by atoms with E-state index in [1.807, 2.05) is 25.1 Å². The number of thiophene rings is 1. The van der Waals surface area contributed by atoms with Crippen molar-refractivity contribution < 1.29 is 9.53 Å². The fourth-order valence-electron chi connectivity index (χ4n) is 3.04. The van der Waals surface area contributed by atoms with Gasteiger partial charge in [0.25, 0.3) is 0 Å². The second kappa shape index (κ2) is 8.81. The Morgan fingerprint density at radius 1 is 1.44 bits per heavy atom. The highest BCUT2D eigenvalue weighted by atomic mass is 35.5. The first kappa shape index (κ1) is 18.4. The summed E-state index contributed by atoms with van der Waals surface area (Å²) in [5.74, 6) is -0.0139. The summed E-state index contributed by atoms with van der Waals surface area (Å²) >= 11 is 7.69. The second-order valence-corrected chi connectivity index (χ2v) is 7.86. The van der Waals surface area contributed by atoms with E-state index in [0.717, 1.165) is 43.8 Å². The van der Waals surface area contributed by atoms with Crippen LogP contribution in [0.15, 0.2) is 35.7 Å². The molecular weight excluding hydrogens is 356 g/mol. The van der Waals surface area contributed by atoms with Crippen molar-refractivity contribution >= 4 is 34.5 Å². The van der Waals surface area contributed by atoms with Crippen LogP contribution in [0.5, 0.6) is 0 Å². The van der Waals surface area contributed by atoms with E-state index in [9.17, 15) is 4.79 Å². The molecule has 1 fully saturated rings. The van der Waals surface area contributed by atoms with Crippen LogP contribution in [0.2, 0.25) is 5.02 Å². The fourth-order valence-corrected chi connectivity index (χ4v) is 4.02. The van der Waals surface area contributed by atoms with Gasteiger partial charge >= 0.3 is 0 Å². The Bertz CT molecular complexity index is 699. The molecule has 0 bridgehead atoms. The van der Waals surface area contributed by atoms with Crippen molar-refractivity contribution in [1.29, 1.82) is 0 Å². The molecule has 3 rings (SSSR count). The van der Waals surface area contributed by atoms with Crippen molar-refractivity contribution in [3.05, 3.63) is 51.2 Å². The third-order valence-corrected chi connectivity index (χ3v) is 5.37. The lowest BCUT2D eigenvalue weighted by Gasteiger charge is -2.24. The minimum atomic E-state index is -0.0139. The van der Waals surface area contributed by atoms with E-state index in [0.29, 0.717) is 11.6 Å². The predicted octanol–water partition coefficient (Wildman–Crippen LogP) is 4.33. The SMILES string of the molecule is Cc1cc(Cl)ccc1NC(=O)CN(Cc1cccs1)CC1CCCO1. The van der Waals surface area contributed by atoms with Crippen LogP contribution in [0.3, 0.4) is 0 Å². The molecule has 1 aliphatic rings. The predicted molar refractivity (Wildman–Crippen MR) is 103 cm³/mol. The number of rotatable bonds is 7. The minimum Gasteiger partial charge on any atom is -0.377 e. The molecule has 25 heavy (non-hydrogen) atoms. The van der Waals surface area contributed by atoms with Crippen molar-refractivity contribution in [2.24, 2.45) is 0 Å². The number of aryl methyl sites for hydroxylation is 1. The van der Waals surface area contributed by atoms with Gasteiger partial charge in [-0.15, -0.1) is 11.3 Å². The van der Waals surface area contributed by atoms with Crippen molar-refractivity contribution in [1.82, 2.24) is 4.90 Å². The van der Waals surface area contributed by atoms with Crippen LogP contribution in [0.25, 0.3) is 0 Å². The van der Waals surface area contributed by atoms with Gasteiger partial charge in [0, 0.05) is 35.3 Å². The summed E-state index contributed by atoms with van der Waals surface area (Å²) in [5.41, 5.74) is 1.77. The van der Waals surface area contributed by atoms with E-state index in [4.69, 9.17) is 16.3 Å². The van der Waals surface area contributed by atoms with Crippen LogP contribution in [0, 0.1) is 6.92 Å². The van der Waals surface area contributed by atoms with Crippen LogP contribution < -0.4 is 5.32 Å². The zero-order chi connectivity index (χ0) is 17.6. The zero-order valence-corrected chi connectivity index (χ0v) is 15.9. The number of ether oxygens (including phenoxy) is 1. The van der Waals surface area contributed by atoms with Crippen LogP contribution in [0.1, 0.15) is 23.3 Å². The molecule has 1 aliphatic heterocycles. The molecule has 0 radical (unpaired) electrons. The Morgan fingerprint density at radius 2 is 2.32 bits per heavy atom. The van der Waals surface area contributed by atoms with Gasteiger partial charge in [0.1, 0.15) is 0 Å². The number of benzene rings is 1. The number of amides is 1. The van der Waals surface area contributed by atoms with Gasteiger partial charge in [0.2, 0.25) is 5.91 Å². The Hall–Kier alpha value is -1.40. The highest BCUT2D eigenvalue weighted by molar-refractivity contribution is 7.09. The Balaban J connectivity index is 1.62. The molecule has 1 aromatic carbocycles. The second-order valence-electron chi connectivity index (χ2n) is 6.39. The van der Waals surface area contributed by atoms with Gasteiger partial charge in [-0.25, -0.2) is 0 Å². The maximum atomic E-state index is 12.5. The number of hydrogen-bond donors (Lipinski definition) is 1. The van der Waals surface area contributed by atoms with Gasteiger partial charge in [0.15, 0.2) is 0 Å². The topological polar surface area (TPSA) is 41.6 Å². The standard InChI is InChI=1S/C19H23ClN2O2S/c1-14-10-15(20)6-7-18(14)21-19(23)13-22(11-16-4-2-8-24-16)12-17-5-3-9-25-17/h3,5-7,9-10,16H,2,4,8,11-13H2,1H3,(H,21,23). The Labute approximate surface area is 157 Å². The van der Waals surface area contributed by atoms with E-state index >= 15 is 0 Å². The molecule has 1 atom stereocenters. The first-order valence-corrected chi connectivity index (χ1v) is 9.78. The first-order valence-electron chi connectivity index (χ1n) is 8.52. The summed E-state index contributed by atoms with van der Waals surface area (Å²) in [7, 11) is 0. The van der Waals surface area contributed by atoms with Crippen LogP contribution in [-0.4, -0.2) is 36.6 Å². The average molecular weight is 379 g/mol. The maximum absolute atomic E-state index is 12.5. The number of anilines is 1. The lowest BCUT2D eigenvalue weighted by atomic mass is 10.2. The summed E-state index contributed by atoms with van der Waals surface area (Å²) in [5, 5.41) is 5.74. The molecule has 134 valence electrons.